The monoisotopic (exact) mass is 342 g/mol. The molecule has 0 heterocycles. The van der Waals surface area contributed by atoms with Gasteiger partial charge in [-0.3, -0.25) is 9.59 Å². The molecule has 0 unspecified atom stereocenters. The molecule has 0 fully saturated rings. The Balaban J connectivity index is 2.36. The second kappa shape index (κ2) is 8.01. The molecule has 1 N–H and O–H groups in total. The molecule has 6 heteroatoms. The first-order chi connectivity index (χ1) is 12.0. The van der Waals surface area contributed by atoms with E-state index in [9.17, 15) is 14.7 Å². The lowest BCUT2D eigenvalue weighted by atomic mass is 10.1. The molecule has 0 bridgehead atoms. The third-order valence-electron chi connectivity index (χ3n) is 3.47. The van der Waals surface area contributed by atoms with Crippen LogP contribution in [0.5, 0.6) is 23.0 Å². The summed E-state index contributed by atoms with van der Waals surface area (Å²) in [6.07, 6.45) is 2.90. The molecule has 0 atom stereocenters. The molecule has 0 saturated carbocycles. The highest BCUT2D eigenvalue weighted by atomic mass is 16.5. The van der Waals surface area contributed by atoms with Gasteiger partial charge in [-0.1, -0.05) is 18.2 Å². The van der Waals surface area contributed by atoms with Gasteiger partial charge in [0.05, 0.1) is 21.3 Å². The van der Waals surface area contributed by atoms with Gasteiger partial charge in [-0.15, -0.1) is 0 Å². The standard InChI is InChI=1S/C19H18O6/c1-23-17-9-12(10-18(24-2)19(17)25-3)7-8-14(20)13-5-4-6-15(21)16(22)11-13/h4-11H,1-3H3,(H,21,22)/b8-7-. The third kappa shape index (κ3) is 4.17. The molecule has 0 spiro atoms. The highest BCUT2D eigenvalue weighted by Crippen LogP contribution is 2.38. The summed E-state index contributed by atoms with van der Waals surface area (Å²) in [5, 5.41) is 9.38. The zero-order chi connectivity index (χ0) is 18.4. The Kier molecular flexibility index (Phi) is 5.79. The van der Waals surface area contributed by atoms with Crippen molar-refractivity contribution < 1.29 is 24.1 Å². The first-order valence-corrected chi connectivity index (χ1v) is 7.36. The second-order valence-corrected chi connectivity index (χ2v) is 5.03. The molecule has 2 rings (SSSR count). The summed E-state index contributed by atoms with van der Waals surface area (Å²) in [6.45, 7) is 0. The Morgan fingerprint density at radius 3 is 2.20 bits per heavy atom. The van der Waals surface area contributed by atoms with E-state index in [0.29, 0.717) is 22.8 Å². The van der Waals surface area contributed by atoms with Crippen LogP contribution in [0.1, 0.15) is 15.9 Å². The molecule has 0 amide bonds. The zero-order valence-electron chi connectivity index (χ0n) is 14.1. The molecule has 0 aliphatic heterocycles. The molecule has 6 nitrogen and oxygen atoms in total. The predicted molar refractivity (Wildman–Crippen MR) is 93.8 cm³/mol. The van der Waals surface area contributed by atoms with Crippen molar-refractivity contribution in [2.45, 2.75) is 0 Å². The van der Waals surface area contributed by atoms with E-state index < -0.39 is 11.2 Å². The van der Waals surface area contributed by atoms with Crippen molar-refractivity contribution in [3.8, 4) is 23.0 Å². The Labute approximate surface area is 144 Å². The Morgan fingerprint density at radius 1 is 1.00 bits per heavy atom. The molecule has 2 aromatic carbocycles. The molecular weight excluding hydrogens is 324 g/mol. The summed E-state index contributed by atoms with van der Waals surface area (Å²) >= 11 is 0. The van der Waals surface area contributed by atoms with E-state index in [1.54, 1.807) is 18.2 Å². The minimum Gasteiger partial charge on any atom is -0.504 e. The van der Waals surface area contributed by atoms with Crippen molar-refractivity contribution in [1.82, 2.24) is 0 Å². The predicted octanol–water partition coefficient (Wildman–Crippen LogP) is 2.67. The average molecular weight is 342 g/mol. The van der Waals surface area contributed by atoms with Crippen molar-refractivity contribution in [1.29, 1.82) is 0 Å². The number of ketones is 1. The van der Waals surface area contributed by atoms with Crippen molar-refractivity contribution in [2.24, 2.45) is 0 Å². The van der Waals surface area contributed by atoms with Gasteiger partial charge in [0.15, 0.2) is 23.0 Å². The van der Waals surface area contributed by atoms with Crippen LogP contribution in [-0.4, -0.2) is 32.2 Å². The molecule has 0 saturated heterocycles. The lowest BCUT2D eigenvalue weighted by Gasteiger charge is -2.12. The van der Waals surface area contributed by atoms with Crippen molar-refractivity contribution >= 4 is 11.9 Å². The molecule has 0 aliphatic rings. The fraction of sp³-hybridized carbons (Fsp3) is 0.158. The van der Waals surface area contributed by atoms with Crippen LogP contribution in [0.15, 0.2) is 47.3 Å². The summed E-state index contributed by atoms with van der Waals surface area (Å²) in [5.41, 5.74) is 0.219. The highest BCUT2D eigenvalue weighted by Gasteiger charge is 2.12. The molecule has 0 aromatic heterocycles. The minimum atomic E-state index is -0.616. The lowest BCUT2D eigenvalue weighted by Crippen LogP contribution is -2.00. The van der Waals surface area contributed by atoms with Crippen molar-refractivity contribution in [3.05, 3.63) is 63.8 Å². The number of carbonyl (C=O) groups excluding carboxylic acids is 1. The summed E-state index contributed by atoms with van der Waals surface area (Å²) < 4.78 is 15.8. The van der Waals surface area contributed by atoms with Crippen LogP contribution in [0, 0.1) is 0 Å². The number of carbonyl (C=O) groups is 1. The van der Waals surface area contributed by atoms with E-state index in [1.165, 1.54) is 45.6 Å². The molecule has 130 valence electrons. The zero-order valence-corrected chi connectivity index (χ0v) is 14.1. The molecule has 2 aromatic rings. The van der Waals surface area contributed by atoms with Gasteiger partial charge >= 0.3 is 0 Å². The fourth-order valence-electron chi connectivity index (χ4n) is 2.21. The number of benzene rings is 1. The summed E-state index contributed by atoms with van der Waals surface area (Å²) in [5.74, 6) is 0.600. The van der Waals surface area contributed by atoms with Gasteiger partial charge in [-0.05, 0) is 29.8 Å². The quantitative estimate of drug-likeness (QED) is 0.642. The summed E-state index contributed by atoms with van der Waals surface area (Å²) in [7, 11) is 4.51. The van der Waals surface area contributed by atoms with Gasteiger partial charge in [0.2, 0.25) is 11.2 Å². The number of methoxy groups -OCH3 is 3. The second-order valence-electron chi connectivity index (χ2n) is 5.03. The maximum Gasteiger partial charge on any atom is 0.220 e. The Hall–Kier alpha value is -3.28. The maximum absolute atomic E-state index is 12.3. The van der Waals surface area contributed by atoms with E-state index in [4.69, 9.17) is 14.2 Å². The average Bonchev–Trinajstić information content (AvgIpc) is 2.79. The number of aromatic hydroxyl groups is 1. The van der Waals surface area contributed by atoms with Crippen molar-refractivity contribution in [3.63, 3.8) is 0 Å². The Morgan fingerprint density at radius 2 is 1.64 bits per heavy atom. The molecular formula is C19H18O6. The van der Waals surface area contributed by atoms with E-state index in [0.717, 1.165) is 6.07 Å². The number of rotatable bonds is 6. The topological polar surface area (TPSA) is 82.1 Å². The Bertz CT molecular complexity index is 845. The molecule has 0 radical (unpaired) electrons. The van der Waals surface area contributed by atoms with Crippen LogP contribution in [0.3, 0.4) is 0 Å². The van der Waals surface area contributed by atoms with Crippen LogP contribution < -0.4 is 19.6 Å². The van der Waals surface area contributed by atoms with Crippen molar-refractivity contribution in [2.75, 3.05) is 21.3 Å². The first kappa shape index (κ1) is 18.1. The fourth-order valence-corrected chi connectivity index (χ4v) is 2.21. The summed E-state index contributed by atoms with van der Waals surface area (Å²) in [4.78, 5) is 23.8. The van der Waals surface area contributed by atoms with Gasteiger partial charge in [0.25, 0.3) is 0 Å². The van der Waals surface area contributed by atoms with E-state index in [1.807, 2.05) is 0 Å². The smallest absolute Gasteiger partial charge is 0.220 e. The van der Waals surface area contributed by atoms with E-state index in [2.05, 4.69) is 0 Å². The van der Waals surface area contributed by atoms with Crippen LogP contribution in [0.2, 0.25) is 0 Å². The van der Waals surface area contributed by atoms with E-state index in [-0.39, 0.29) is 11.3 Å². The number of hydrogen-bond donors (Lipinski definition) is 1. The van der Waals surface area contributed by atoms with Gasteiger partial charge in [0.1, 0.15) is 0 Å². The normalized spacial score (nSPS) is 10.5. The first-order valence-electron chi connectivity index (χ1n) is 7.36. The number of allylic oxidation sites excluding steroid dienone is 1. The lowest BCUT2D eigenvalue weighted by molar-refractivity contribution is 0.104. The highest BCUT2D eigenvalue weighted by molar-refractivity contribution is 6.06. The summed E-state index contributed by atoms with van der Waals surface area (Å²) in [6, 6.07) is 8.63. The SMILES string of the molecule is COc1cc(/C=C\C(=O)c2cccc(O)c(=O)c2)cc(OC)c1OC. The van der Waals surface area contributed by atoms with E-state index >= 15 is 0 Å². The van der Waals surface area contributed by atoms with Crippen LogP contribution in [0.25, 0.3) is 6.08 Å². The van der Waals surface area contributed by atoms with Crippen LogP contribution >= 0.6 is 0 Å². The van der Waals surface area contributed by atoms with Gasteiger partial charge < -0.3 is 19.3 Å². The molecule has 25 heavy (non-hydrogen) atoms. The largest absolute Gasteiger partial charge is 0.504 e. The van der Waals surface area contributed by atoms with Gasteiger partial charge in [-0.2, -0.15) is 0 Å². The van der Waals surface area contributed by atoms with Gasteiger partial charge in [0, 0.05) is 11.6 Å². The maximum atomic E-state index is 12.3. The van der Waals surface area contributed by atoms with Crippen LogP contribution in [-0.2, 0) is 0 Å². The molecule has 0 aliphatic carbocycles. The third-order valence-corrected chi connectivity index (χ3v) is 3.47. The number of ether oxygens (including phenoxy) is 3. The van der Waals surface area contributed by atoms with Crippen LogP contribution in [0.4, 0.5) is 0 Å². The minimum absolute atomic E-state index is 0.175. The van der Waals surface area contributed by atoms with Gasteiger partial charge in [-0.25, -0.2) is 0 Å². The number of hydrogen-bond acceptors (Lipinski definition) is 6.